The number of nitrogens with zero attached hydrogens (tertiary/aromatic N) is 2. The third-order valence-corrected chi connectivity index (χ3v) is 1.80. The van der Waals surface area contributed by atoms with Gasteiger partial charge in [-0.05, 0) is 26.2 Å². The average molecular weight is 239 g/mol. The number of nitrogens with two attached hydrogens (primary N) is 1. The van der Waals surface area contributed by atoms with Gasteiger partial charge in [-0.3, -0.25) is 4.90 Å². The monoisotopic (exact) mass is 239 g/mol. The van der Waals surface area contributed by atoms with E-state index in [1.54, 1.807) is 14.2 Å². The molecule has 1 aromatic rings. The van der Waals surface area contributed by atoms with Crippen molar-refractivity contribution in [3.63, 3.8) is 0 Å². The topological polar surface area (TPSA) is 60.1 Å². The Morgan fingerprint density at radius 2 is 1.71 bits per heavy atom. The second-order valence-corrected chi connectivity index (χ2v) is 3.36. The van der Waals surface area contributed by atoms with Gasteiger partial charge in [0.1, 0.15) is 0 Å². The van der Waals surface area contributed by atoms with Crippen LogP contribution < -0.4 is 5.73 Å². The van der Waals surface area contributed by atoms with Gasteiger partial charge in [0.2, 0.25) is 6.41 Å². The molecule has 0 aliphatic heterocycles. The number of ether oxygens (including phenoxy) is 2. The minimum Gasteiger partial charge on any atom is -0.390 e. The largest absolute Gasteiger partial charge is 0.390 e. The normalized spacial score (nSPS) is 10.7. The Labute approximate surface area is 103 Å². The minimum absolute atomic E-state index is 0.213. The highest BCUT2D eigenvalue weighted by Gasteiger charge is 2.04. The second kappa shape index (κ2) is 9.77. The first kappa shape index (κ1) is 15.6. The maximum Gasteiger partial charge on any atom is 0.217 e. The Balaban J connectivity index is 0.000000304. The fourth-order valence-electron chi connectivity index (χ4n) is 1.12. The molecule has 5 heteroatoms. The van der Waals surface area contributed by atoms with Crippen LogP contribution in [0.1, 0.15) is 0 Å². The van der Waals surface area contributed by atoms with Crippen molar-refractivity contribution >= 4 is 12.0 Å². The summed E-state index contributed by atoms with van der Waals surface area (Å²) in [5, 5.41) is 0. The molecule has 0 aliphatic rings. The van der Waals surface area contributed by atoms with Crippen molar-refractivity contribution in [2.45, 2.75) is 6.41 Å². The molecule has 17 heavy (non-hydrogen) atoms. The maximum absolute atomic E-state index is 5.07. The molecule has 0 spiro atoms. The summed E-state index contributed by atoms with van der Waals surface area (Å²) in [4.78, 5) is 5.69. The molecule has 96 valence electrons. The molecule has 2 N–H and O–H groups in total. The zero-order valence-corrected chi connectivity index (χ0v) is 10.8. The van der Waals surface area contributed by atoms with Crippen LogP contribution in [0.15, 0.2) is 35.3 Å². The average Bonchev–Trinajstić information content (AvgIpc) is 2.33. The fourth-order valence-corrected chi connectivity index (χ4v) is 1.12. The molecule has 0 saturated carbocycles. The third kappa shape index (κ3) is 7.46. The third-order valence-electron chi connectivity index (χ3n) is 1.80. The Morgan fingerprint density at radius 3 is 2.00 bits per heavy atom. The van der Waals surface area contributed by atoms with Crippen LogP contribution in [0.5, 0.6) is 0 Å². The molecule has 0 fully saturated rings. The highest BCUT2D eigenvalue weighted by Crippen LogP contribution is 2.07. The van der Waals surface area contributed by atoms with Crippen molar-refractivity contribution in [3.05, 3.63) is 30.3 Å². The second-order valence-electron chi connectivity index (χ2n) is 3.36. The number of methoxy groups -OCH3 is 2. The number of hydrogen-bond donors (Lipinski definition) is 1. The van der Waals surface area contributed by atoms with Gasteiger partial charge in [0.25, 0.3) is 0 Å². The van der Waals surface area contributed by atoms with E-state index in [-0.39, 0.29) is 6.41 Å². The quantitative estimate of drug-likeness (QED) is 0.490. The molecule has 0 unspecified atom stereocenters. The predicted octanol–water partition coefficient (Wildman–Crippen LogP) is 1.43. The summed E-state index contributed by atoms with van der Waals surface area (Å²) >= 11 is 0. The molecule has 1 aromatic carbocycles. The smallest absolute Gasteiger partial charge is 0.217 e. The Kier molecular flexibility index (Phi) is 8.95. The van der Waals surface area contributed by atoms with Gasteiger partial charge in [-0.15, -0.1) is 0 Å². The van der Waals surface area contributed by atoms with E-state index in [4.69, 9.17) is 15.2 Å². The van der Waals surface area contributed by atoms with Crippen molar-refractivity contribution in [1.82, 2.24) is 4.90 Å². The van der Waals surface area contributed by atoms with Crippen LogP contribution in [0.3, 0.4) is 0 Å². The van der Waals surface area contributed by atoms with Gasteiger partial charge in [0.05, 0.1) is 12.0 Å². The summed E-state index contributed by atoms with van der Waals surface area (Å²) in [6, 6.07) is 9.56. The predicted molar refractivity (Wildman–Crippen MR) is 70.3 cm³/mol. The summed E-state index contributed by atoms with van der Waals surface area (Å²) in [5.41, 5.74) is 5.96. The molecular formula is C12H21N3O2. The lowest BCUT2D eigenvalue weighted by Crippen LogP contribution is -2.30. The number of para-hydroxylation sites is 1. The summed E-state index contributed by atoms with van der Waals surface area (Å²) in [5.74, 6) is 0. The van der Waals surface area contributed by atoms with Crippen molar-refractivity contribution < 1.29 is 9.47 Å². The molecule has 0 radical (unpaired) electrons. The Morgan fingerprint density at radius 1 is 1.18 bits per heavy atom. The van der Waals surface area contributed by atoms with E-state index in [9.17, 15) is 0 Å². The van der Waals surface area contributed by atoms with Gasteiger partial charge in [0.15, 0.2) is 0 Å². The van der Waals surface area contributed by atoms with Crippen molar-refractivity contribution in [1.29, 1.82) is 0 Å². The van der Waals surface area contributed by atoms with Crippen LogP contribution in [0.25, 0.3) is 0 Å². The molecule has 0 amide bonds. The fraction of sp³-hybridized carbons (Fsp3) is 0.417. The van der Waals surface area contributed by atoms with Crippen molar-refractivity contribution in [2.75, 3.05) is 28.3 Å². The molecule has 0 bridgehead atoms. The van der Waals surface area contributed by atoms with E-state index in [1.165, 1.54) is 6.34 Å². The highest BCUT2D eigenvalue weighted by molar-refractivity contribution is 5.58. The summed E-state index contributed by atoms with van der Waals surface area (Å²) in [7, 11) is 6.98. The van der Waals surface area contributed by atoms with Gasteiger partial charge in [-0.1, -0.05) is 18.2 Å². The van der Waals surface area contributed by atoms with Crippen LogP contribution in [0.4, 0.5) is 5.69 Å². The first-order valence-electron chi connectivity index (χ1n) is 5.17. The molecule has 0 heterocycles. The first-order chi connectivity index (χ1) is 8.15. The van der Waals surface area contributed by atoms with Crippen LogP contribution in [-0.2, 0) is 9.47 Å². The zero-order valence-electron chi connectivity index (χ0n) is 10.8. The Hall–Kier alpha value is -1.43. The maximum atomic E-state index is 5.07. The van der Waals surface area contributed by atoms with Gasteiger partial charge in [-0.25, -0.2) is 4.99 Å². The summed E-state index contributed by atoms with van der Waals surface area (Å²) in [6.45, 7) is 0. The molecule has 0 saturated heterocycles. The molecule has 5 nitrogen and oxygen atoms in total. The number of benzene rings is 1. The van der Waals surface area contributed by atoms with E-state index >= 15 is 0 Å². The molecular weight excluding hydrogens is 218 g/mol. The van der Waals surface area contributed by atoms with Gasteiger partial charge in [-0.2, -0.15) is 0 Å². The van der Waals surface area contributed by atoms with Gasteiger partial charge in [0, 0.05) is 14.2 Å². The van der Waals surface area contributed by atoms with E-state index in [1.807, 2.05) is 49.3 Å². The highest BCUT2D eigenvalue weighted by atomic mass is 16.7. The van der Waals surface area contributed by atoms with E-state index in [0.717, 1.165) is 5.69 Å². The van der Waals surface area contributed by atoms with Crippen LogP contribution in [-0.4, -0.2) is 46.0 Å². The number of hydrogen-bond acceptors (Lipinski definition) is 4. The number of rotatable bonds is 4. The van der Waals surface area contributed by atoms with E-state index in [0.29, 0.717) is 0 Å². The first-order valence-corrected chi connectivity index (χ1v) is 5.17. The SMILES string of the molecule is COC(OC)N(C)C.NC=Nc1ccccc1. The molecule has 0 atom stereocenters. The summed E-state index contributed by atoms with van der Waals surface area (Å²) in [6.07, 6.45) is 1.07. The lowest BCUT2D eigenvalue weighted by atomic mass is 10.3. The molecule has 0 aromatic heterocycles. The summed E-state index contributed by atoms with van der Waals surface area (Å²) < 4.78 is 9.73. The molecule has 0 aliphatic carbocycles. The minimum atomic E-state index is -0.213. The van der Waals surface area contributed by atoms with Crippen molar-refractivity contribution in [2.24, 2.45) is 10.7 Å². The number of aliphatic imine (C=N–C) groups is 1. The van der Waals surface area contributed by atoms with Gasteiger partial charge < -0.3 is 15.2 Å². The van der Waals surface area contributed by atoms with E-state index < -0.39 is 0 Å². The zero-order chi connectivity index (χ0) is 13.1. The van der Waals surface area contributed by atoms with Crippen LogP contribution >= 0.6 is 0 Å². The van der Waals surface area contributed by atoms with Crippen LogP contribution in [0.2, 0.25) is 0 Å². The van der Waals surface area contributed by atoms with Crippen LogP contribution in [0, 0.1) is 0 Å². The standard InChI is InChI=1S/C7H8N2.C5H13NO2/c8-6-9-7-4-2-1-3-5-7;1-6(2)5(7-3)8-4/h1-6H,(H2,8,9);5H,1-4H3. The molecule has 1 rings (SSSR count). The van der Waals surface area contributed by atoms with E-state index in [2.05, 4.69) is 4.99 Å². The lowest BCUT2D eigenvalue weighted by molar-refractivity contribution is -0.179. The van der Waals surface area contributed by atoms with Gasteiger partial charge >= 0.3 is 0 Å². The Bertz CT molecular complexity index is 298. The lowest BCUT2D eigenvalue weighted by Gasteiger charge is -2.19. The van der Waals surface area contributed by atoms with Crippen molar-refractivity contribution in [3.8, 4) is 0 Å².